The Hall–Kier alpha value is -0.134. The van der Waals surface area contributed by atoms with Crippen LogP contribution in [0.25, 0.3) is 0 Å². The standard InChI is InChI=1S/C2H4N4O5.K/c3-4-1(7)2(5(8)9)6(10)11;/h2H,3H2,(H,4,7);. The quantitative estimate of drug-likeness (QED) is 0.129. The molecule has 0 atom stereocenters. The molecule has 0 bridgehead atoms. The summed E-state index contributed by atoms with van der Waals surface area (Å²) in [6.45, 7) is 0. The van der Waals surface area contributed by atoms with E-state index in [2.05, 4.69) is 5.84 Å². The van der Waals surface area contributed by atoms with Crippen LogP contribution in [0.5, 0.6) is 0 Å². The van der Waals surface area contributed by atoms with Crippen molar-refractivity contribution in [2.45, 2.75) is 6.17 Å². The van der Waals surface area contributed by atoms with Crippen molar-refractivity contribution in [1.29, 1.82) is 0 Å². The van der Waals surface area contributed by atoms with E-state index in [1.807, 2.05) is 0 Å². The van der Waals surface area contributed by atoms with E-state index in [1.54, 1.807) is 0 Å². The van der Waals surface area contributed by atoms with Gasteiger partial charge in [-0.2, -0.15) is 0 Å². The van der Waals surface area contributed by atoms with Crippen LogP contribution in [0.15, 0.2) is 0 Å². The Bertz CT molecular complexity index is 192. The summed E-state index contributed by atoms with van der Waals surface area (Å²) in [7, 11) is 0. The van der Waals surface area contributed by atoms with Crippen LogP contribution < -0.4 is 11.3 Å². The molecule has 0 aromatic rings. The molecule has 0 aliphatic heterocycles. The summed E-state index contributed by atoms with van der Waals surface area (Å²) in [5.74, 6) is 2.98. The maximum Gasteiger partial charge on any atom is 0.528 e. The van der Waals surface area contributed by atoms with E-state index in [4.69, 9.17) is 0 Å². The Morgan fingerprint density at radius 2 is 1.67 bits per heavy atom. The Morgan fingerprint density at radius 1 is 1.33 bits per heavy atom. The van der Waals surface area contributed by atoms with Gasteiger partial charge in [0.15, 0.2) is 0 Å². The molecule has 0 aliphatic rings. The molecule has 0 heterocycles. The number of nitro groups is 2. The molecule has 0 spiro atoms. The van der Waals surface area contributed by atoms with Gasteiger partial charge < -0.3 is 0 Å². The fourth-order valence-corrected chi connectivity index (χ4v) is 0.343. The minimum atomic E-state index is -2.53. The Morgan fingerprint density at radius 3 is 1.75 bits per heavy atom. The summed E-state index contributed by atoms with van der Waals surface area (Å²) in [4.78, 5) is 27.2. The summed E-state index contributed by atoms with van der Waals surface area (Å²) in [5.41, 5.74) is 1.31. The van der Waals surface area contributed by atoms with Gasteiger partial charge in [-0.05, 0) is 0 Å². The molecule has 10 heteroatoms. The second kappa shape index (κ2) is 6.39. The van der Waals surface area contributed by atoms with E-state index in [9.17, 15) is 25.0 Å². The number of carbonyl (C=O) groups is 1. The van der Waals surface area contributed by atoms with Crippen molar-refractivity contribution in [2.75, 3.05) is 0 Å². The van der Waals surface area contributed by atoms with E-state index in [1.165, 1.54) is 5.43 Å². The van der Waals surface area contributed by atoms with Crippen LogP contribution in [0.1, 0.15) is 0 Å². The maximum atomic E-state index is 10.3. The number of hydrogen-bond donors (Lipinski definition) is 2. The second-order valence-electron chi connectivity index (χ2n) is 1.45. The van der Waals surface area contributed by atoms with Gasteiger partial charge in [0.05, 0.1) is 0 Å². The summed E-state index contributed by atoms with van der Waals surface area (Å²) >= 11 is 0. The number of rotatable bonds is 3. The number of nitrogens with two attached hydrogens (primary N) is 1. The molecule has 0 saturated carbocycles. The molecule has 0 rings (SSSR count). The van der Waals surface area contributed by atoms with E-state index in [0.717, 1.165) is 0 Å². The van der Waals surface area contributed by atoms with Crippen LogP contribution in [0.3, 0.4) is 0 Å². The second-order valence-corrected chi connectivity index (χ2v) is 1.45. The van der Waals surface area contributed by atoms with Crippen LogP contribution in [0, 0.1) is 20.2 Å². The van der Waals surface area contributed by atoms with E-state index < -0.39 is 21.9 Å². The Balaban J connectivity index is 0. The third kappa shape index (κ3) is 4.03. The summed E-state index contributed by atoms with van der Waals surface area (Å²) in [6.07, 6.45) is -2.53. The topological polar surface area (TPSA) is 141 Å². The van der Waals surface area contributed by atoms with Gasteiger partial charge in [-0.25, -0.2) is 5.84 Å². The van der Waals surface area contributed by atoms with E-state index >= 15 is 0 Å². The fraction of sp³-hybridized carbons (Fsp3) is 0.500. The number of hydrazine groups is 1. The molecule has 0 aromatic heterocycles. The number of nitrogens with zero attached hydrogens (tertiary/aromatic N) is 2. The van der Waals surface area contributed by atoms with Gasteiger partial charge in [0, 0.05) is 51.4 Å². The first-order valence-electron chi connectivity index (χ1n) is 2.28. The maximum absolute atomic E-state index is 10.3. The van der Waals surface area contributed by atoms with Gasteiger partial charge in [0.1, 0.15) is 9.85 Å². The summed E-state index contributed by atoms with van der Waals surface area (Å²) in [6, 6.07) is 0. The zero-order chi connectivity index (χ0) is 9.02. The third-order valence-corrected chi connectivity index (χ3v) is 0.776. The van der Waals surface area contributed by atoms with Crippen LogP contribution in [0.2, 0.25) is 0 Å². The SMILES string of the molecule is NNC(=O)C([N+](=O)[O-])[N+](=O)[O-].[K]. The monoisotopic (exact) mass is 203 g/mol. The van der Waals surface area contributed by atoms with Crippen molar-refractivity contribution < 1.29 is 14.6 Å². The van der Waals surface area contributed by atoms with Crippen molar-refractivity contribution in [2.24, 2.45) is 5.84 Å². The summed E-state index contributed by atoms with van der Waals surface area (Å²) < 4.78 is 0. The number of carbonyl (C=O) groups excluding carboxylic acids is 1. The Kier molecular flexibility index (Phi) is 7.66. The molecule has 0 aromatic carbocycles. The number of nitrogens with one attached hydrogen (secondary N) is 1. The molecule has 0 unspecified atom stereocenters. The van der Waals surface area contributed by atoms with Crippen LogP contribution in [0.4, 0.5) is 0 Å². The van der Waals surface area contributed by atoms with Crippen molar-refractivity contribution in [3.8, 4) is 0 Å². The number of amides is 1. The molecular weight excluding hydrogens is 199 g/mol. The van der Waals surface area contributed by atoms with Crippen LogP contribution in [-0.4, -0.2) is 73.3 Å². The minimum absolute atomic E-state index is 0. The van der Waals surface area contributed by atoms with Crippen molar-refractivity contribution in [3.63, 3.8) is 0 Å². The van der Waals surface area contributed by atoms with Crippen molar-refractivity contribution in [1.82, 2.24) is 5.43 Å². The van der Waals surface area contributed by atoms with Gasteiger partial charge in [-0.3, -0.25) is 30.4 Å². The summed E-state index contributed by atoms with van der Waals surface area (Å²) in [5, 5.41) is 19.6. The molecule has 0 fully saturated rings. The average Bonchev–Trinajstić information content (AvgIpc) is 1.85. The van der Waals surface area contributed by atoms with Crippen LogP contribution in [-0.2, 0) is 4.79 Å². The van der Waals surface area contributed by atoms with Gasteiger partial charge in [0.25, 0.3) is 0 Å². The van der Waals surface area contributed by atoms with Crippen LogP contribution >= 0.6 is 0 Å². The molecule has 1 radical (unpaired) electrons. The van der Waals surface area contributed by atoms with E-state index in [0.29, 0.717) is 0 Å². The van der Waals surface area contributed by atoms with Gasteiger partial charge >= 0.3 is 12.1 Å². The average molecular weight is 203 g/mol. The first kappa shape index (κ1) is 14.4. The van der Waals surface area contributed by atoms with Crippen molar-refractivity contribution in [3.05, 3.63) is 20.2 Å². The first-order valence-corrected chi connectivity index (χ1v) is 2.28. The normalized spacial score (nSPS) is 8.50. The molecule has 3 N–H and O–H groups in total. The number of hydrogen-bond acceptors (Lipinski definition) is 6. The van der Waals surface area contributed by atoms with Crippen molar-refractivity contribution >= 4 is 57.3 Å². The van der Waals surface area contributed by atoms with E-state index in [-0.39, 0.29) is 51.4 Å². The fourth-order valence-electron chi connectivity index (χ4n) is 0.343. The predicted octanol–water partition coefficient (Wildman–Crippen LogP) is -2.52. The molecule has 63 valence electrons. The predicted molar refractivity (Wildman–Crippen MR) is 35.9 cm³/mol. The molecule has 12 heavy (non-hydrogen) atoms. The zero-order valence-electron chi connectivity index (χ0n) is 6.09. The van der Waals surface area contributed by atoms with Gasteiger partial charge in [-0.15, -0.1) is 0 Å². The molecular formula is C2H4KN4O5. The third-order valence-electron chi connectivity index (χ3n) is 0.776. The smallest absolute Gasteiger partial charge is 0.282 e. The minimum Gasteiger partial charge on any atom is -0.282 e. The molecule has 9 nitrogen and oxygen atoms in total. The largest absolute Gasteiger partial charge is 0.528 e. The molecule has 1 amide bonds. The Labute approximate surface area is 108 Å². The first-order chi connectivity index (χ1) is 5.00. The van der Waals surface area contributed by atoms with Gasteiger partial charge in [-0.1, -0.05) is 0 Å². The molecule has 0 saturated heterocycles. The van der Waals surface area contributed by atoms with Gasteiger partial charge in [0.2, 0.25) is 0 Å². The zero-order valence-corrected chi connectivity index (χ0v) is 9.21. The molecule has 0 aliphatic carbocycles.